The fraction of sp³-hybridized carbons (Fsp3) is 0.467. The third-order valence-corrected chi connectivity index (χ3v) is 4.05. The van der Waals surface area contributed by atoms with Crippen molar-refractivity contribution in [2.45, 2.75) is 39.1 Å². The van der Waals surface area contributed by atoms with E-state index in [2.05, 4.69) is 5.10 Å². The summed E-state index contributed by atoms with van der Waals surface area (Å²) < 4.78 is 39.0. The highest BCUT2D eigenvalue weighted by Gasteiger charge is 2.57. The molecule has 4 nitrogen and oxygen atoms in total. The summed E-state index contributed by atoms with van der Waals surface area (Å²) in [6.07, 6.45) is -5.49. The van der Waals surface area contributed by atoms with Crippen LogP contribution in [0.5, 0.6) is 0 Å². The molecule has 126 valence electrons. The average Bonchev–Trinajstić information content (AvgIpc) is 2.78. The van der Waals surface area contributed by atoms with Crippen LogP contribution < -0.4 is 0 Å². The number of halogens is 4. The van der Waals surface area contributed by atoms with Gasteiger partial charge in [0.15, 0.2) is 5.72 Å². The molecule has 0 fully saturated rings. The van der Waals surface area contributed by atoms with Crippen LogP contribution in [-0.2, 0) is 0 Å². The Hall–Kier alpha value is -1.60. The van der Waals surface area contributed by atoms with Gasteiger partial charge in [-0.25, -0.2) is 0 Å². The number of aliphatic hydroxyl groups is 1. The van der Waals surface area contributed by atoms with Crippen LogP contribution in [0.15, 0.2) is 29.4 Å². The molecule has 0 bridgehead atoms. The minimum atomic E-state index is -4.71. The lowest BCUT2D eigenvalue weighted by Crippen LogP contribution is -2.55. The van der Waals surface area contributed by atoms with E-state index in [1.165, 1.54) is 24.3 Å². The molecule has 0 saturated carbocycles. The maximum Gasteiger partial charge on any atom is 0.431 e. The number of carbonyl (C=O) groups excluding carboxylic acids is 1. The lowest BCUT2D eigenvalue weighted by molar-refractivity contribution is -0.144. The number of alkyl halides is 3. The summed E-state index contributed by atoms with van der Waals surface area (Å²) in [6, 6.07) is 5.62. The number of nitrogens with zero attached hydrogens (tertiary/aromatic N) is 2. The van der Waals surface area contributed by atoms with Crippen LogP contribution in [0, 0.1) is 5.41 Å². The van der Waals surface area contributed by atoms with Gasteiger partial charge >= 0.3 is 6.18 Å². The lowest BCUT2D eigenvalue weighted by Gasteiger charge is -2.41. The van der Waals surface area contributed by atoms with Crippen LogP contribution >= 0.6 is 11.6 Å². The zero-order valence-electron chi connectivity index (χ0n) is 12.8. The lowest BCUT2D eigenvalue weighted by atomic mass is 9.80. The molecule has 0 radical (unpaired) electrons. The van der Waals surface area contributed by atoms with E-state index in [9.17, 15) is 23.1 Å². The van der Waals surface area contributed by atoms with Crippen molar-refractivity contribution in [1.82, 2.24) is 5.01 Å². The van der Waals surface area contributed by atoms with E-state index >= 15 is 0 Å². The van der Waals surface area contributed by atoms with E-state index in [1.807, 2.05) is 0 Å². The van der Waals surface area contributed by atoms with E-state index in [1.54, 1.807) is 20.8 Å². The fourth-order valence-corrected chi connectivity index (χ4v) is 2.34. The minimum Gasteiger partial charge on any atom is -0.368 e. The molecular weight excluding hydrogens is 333 g/mol. The Balaban J connectivity index is 2.48. The molecule has 1 unspecified atom stereocenters. The van der Waals surface area contributed by atoms with Gasteiger partial charge in [-0.2, -0.15) is 23.3 Å². The number of hydrogen-bond acceptors (Lipinski definition) is 3. The van der Waals surface area contributed by atoms with Gasteiger partial charge < -0.3 is 5.11 Å². The van der Waals surface area contributed by atoms with Crippen molar-refractivity contribution in [2.24, 2.45) is 10.5 Å². The maximum absolute atomic E-state index is 13.0. The summed E-state index contributed by atoms with van der Waals surface area (Å²) in [5.41, 5.74) is -4.21. The van der Waals surface area contributed by atoms with E-state index in [4.69, 9.17) is 11.6 Å². The van der Waals surface area contributed by atoms with Crippen molar-refractivity contribution in [3.63, 3.8) is 0 Å². The molecule has 23 heavy (non-hydrogen) atoms. The number of hydrogen-bond donors (Lipinski definition) is 1. The van der Waals surface area contributed by atoms with Gasteiger partial charge in [-0.3, -0.25) is 4.79 Å². The summed E-state index contributed by atoms with van der Waals surface area (Å²) in [5.74, 6) is -0.821. The van der Waals surface area contributed by atoms with Crippen molar-refractivity contribution >= 4 is 23.2 Å². The van der Waals surface area contributed by atoms with Gasteiger partial charge in [-0.1, -0.05) is 32.4 Å². The Morgan fingerprint density at radius 2 is 1.78 bits per heavy atom. The second kappa shape index (κ2) is 5.49. The Kier molecular flexibility index (Phi) is 4.24. The molecular formula is C15H16ClF3N2O2. The molecule has 0 saturated heterocycles. The first-order valence-corrected chi connectivity index (χ1v) is 7.21. The van der Waals surface area contributed by atoms with Gasteiger partial charge in [-0.05, 0) is 24.3 Å². The predicted molar refractivity (Wildman–Crippen MR) is 80.1 cm³/mol. The Labute approximate surface area is 136 Å². The minimum absolute atomic E-state index is 0.0873. The monoisotopic (exact) mass is 348 g/mol. The smallest absolute Gasteiger partial charge is 0.368 e. The van der Waals surface area contributed by atoms with Gasteiger partial charge in [0.2, 0.25) is 0 Å². The molecule has 1 aromatic carbocycles. The first-order chi connectivity index (χ1) is 10.4. The van der Waals surface area contributed by atoms with Crippen molar-refractivity contribution < 1.29 is 23.1 Å². The molecule has 0 aromatic heterocycles. The van der Waals surface area contributed by atoms with E-state index in [0.29, 0.717) is 10.0 Å². The van der Waals surface area contributed by atoms with Crippen LogP contribution in [0.2, 0.25) is 5.02 Å². The van der Waals surface area contributed by atoms with Gasteiger partial charge in [0.25, 0.3) is 5.91 Å². The first kappa shape index (κ1) is 17.7. The highest BCUT2D eigenvalue weighted by atomic mass is 35.5. The van der Waals surface area contributed by atoms with Crippen LogP contribution in [0.1, 0.15) is 37.6 Å². The second-order valence-electron chi connectivity index (χ2n) is 6.41. The second-order valence-corrected chi connectivity index (χ2v) is 6.85. The van der Waals surface area contributed by atoms with Gasteiger partial charge in [0, 0.05) is 22.4 Å². The number of hydrazone groups is 1. The third-order valence-electron chi connectivity index (χ3n) is 3.80. The van der Waals surface area contributed by atoms with E-state index in [-0.39, 0.29) is 5.56 Å². The van der Waals surface area contributed by atoms with Crippen molar-refractivity contribution in [2.75, 3.05) is 0 Å². The summed E-state index contributed by atoms with van der Waals surface area (Å²) in [7, 11) is 0. The molecule has 2 rings (SSSR count). The largest absolute Gasteiger partial charge is 0.431 e. The van der Waals surface area contributed by atoms with E-state index in [0.717, 1.165) is 0 Å². The number of amides is 1. The molecule has 1 heterocycles. The SMILES string of the molecule is CC(C)(C)C1(O)CC(C(F)(F)F)=NN1C(=O)c1ccc(Cl)cc1. The average molecular weight is 349 g/mol. The van der Waals surface area contributed by atoms with E-state index < -0.39 is 35.4 Å². The Bertz CT molecular complexity index is 650. The summed E-state index contributed by atoms with van der Waals surface area (Å²) in [6.45, 7) is 4.64. The van der Waals surface area contributed by atoms with Gasteiger partial charge in [0.05, 0.1) is 0 Å². The summed E-state index contributed by atoms with van der Waals surface area (Å²) in [5, 5.41) is 15.1. The standard InChI is InChI=1S/C15H16ClF3N2O2/c1-13(2,3)14(23)8-11(15(17,18)19)20-21(14)12(22)9-4-6-10(16)7-5-9/h4-7,23H,8H2,1-3H3. The molecule has 1 aliphatic rings. The van der Waals surface area contributed by atoms with Crippen molar-refractivity contribution in [3.05, 3.63) is 34.9 Å². The van der Waals surface area contributed by atoms with Crippen LogP contribution in [-0.4, -0.2) is 33.6 Å². The zero-order chi connectivity index (χ0) is 17.6. The quantitative estimate of drug-likeness (QED) is 0.838. The Morgan fingerprint density at radius 3 is 2.22 bits per heavy atom. The molecule has 1 atom stereocenters. The third kappa shape index (κ3) is 3.21. The maximum atomic E-state index is 13.0. The zero-order valence-corrected chi connectivity index (χ0v) is 13.5. The highest BCUT2D eigenvalue weighted by molar-refractivity contribution is 6.30. The van der Waals surface area contributed by atoms with Crippen LogP contribution in [0.3, 0.4) is 0 Å². The predicted octanol–water partition coefficient (Wildman–Crippen LogP) is 3.84. The highest BCUT2D eigenvalue weighted by Crippen LogP contribution is 2.44. The number of carbonyl (C=O) groups is 1. The summed E-state index contributed by atoms with van der Waals surface area (Å²) in [4.78, 5) is 12.5. The number of rotatable bonds is 1. The normalized spacial score (nSPS) is 22.3. The molecule has 0 spiro atoms. The van der Waals surface area contributed by atoms with Crippen LogP contribution in [0.4, 0.5) is 13.2 Å². The molecule has 0 aliphatic carbocycles. The Morgan fingerprint density at radius 1 is 1.26 bits per heavy atom. The topological polar surface area (TPSA) is 52.9 Å². The van der Waals surface area contributed by atoms with Crippen molar-refractivity contribution in [1.29, 1.82) is 0 Å². The molecule has 1 amide bonds. The number of benzene rings is 1. The first-order valence-electron chi connectivity index (χ1n) is 6.83. The molecule has 8 heteroatoms. The molecule has 1 N–H and O–H groups in total. The van der Waals surface area contributed by atoms with Gasteiger partial charge in [0.1, 0.15) is 5.71 Å². The molecule has 1 aromatic rings. The van der Waals surface area contributed by atoms with Crippen molar-refractivity contribution in [3.8, 4) is 0 Å². The summed E-state index contributed by atoms with van der Waals surface area (Å²) >= 11 is 5.74. The molecule has 1 aliphatic heterocycles. The van der Waals surface area contributed by atoms with Crippen LogP contribution in [0.25, 0.3) is 0 Å². The van der Waals surface area contributed by atoms with Gasteiger partial charge in [-0.15, -0.1) is 0 Å². The fourth-order valence-electron chi connectivity index (χ4n) is 2.22.